The highest BCUT2D eigenvalue weighted by Gasteiger charge is 2.42. The van der Waals surface area contributed by atoms with Crippen molar-refractivity contribution in [2.45, 2.75) is 40.0 Å². The number of ether oxygens (including phenoxy) is 2. The molecule has 0 saturated heterocycles. The van der Waals surface area contributed by atoms with Gasteiger partial charge in [0.05, 0.1) is 29.4 Å². The largest absolute Gasteiger partial charge is 0.463 e. The van der Waals surface area contributed by atoms with E-state index < -0.39 is 17.9 Å². The van der Waals surface area contributed by atoms with Crippen LogP contribution in [0.25, 0.3) is 0 Å². The molecule has 0 radical (unpaired) electrons. The molecule has 2 aliphatic rings. The zero-order valence-electron chi connectivity index (χ0n) is 17.1. The Kier molecular flexibility index (Phi) is 6.06. The first-order valence-corrected chi connectivity index (χ1v) is 9.77. The second-order valence-corrected chi connectivity index (χ2v) is 7.52. The van der Waals surface area contributed by atoms with Crippen LogP contribution in [0.5, 0.6) is 0 Å². The maximum Gasteiger partial charge on any atom is 0.337 e. The van der Waals surface area contributed by atoms with Gasteiger partial charge in [-0.3, -0.25) is 4.79 Å². The lowest BCUT2D eigenvalue weighted by Crippen LogP contribution is -2.31. The zero-order valence-corrected chi connectivity index (χ0v) is 17.1. The van der Waals surface area contributed by atoms with E-state index in [1.807, 2.05) is 26.0 Å². The summed E-state index contributed by atoms with van der Waals surface area (Å²) in [7, 11) is 0. The normalized spacial score (nSPS) is 18.4. The molecule has 1 atom stereocenters. The molecule has 29 heavy (non-hydrogen) atoms. The van der Waals surface area contributed by atoms with E-state index in [2.05, 4.69) is 10.6 Å². The smallest absolute Gasteiger partial charge is 0.337 e. The lowest BCUT2D eigenvalue weighted by Gasteiger charge is -2.29. The molecule has 7 nitrogen and oxygen atoms in total. The summed E-state index contributed by atoms with van der Waals surface area (Å²) in [6.45, 7) is 7.77. The number of rotatable bonds is 6. The molecule has 0 fully saturated rings. The first kappa shape index (κ1) is 20.6. The average Bonchev–Trinajstić information content (AvgIpc) is 3.01. The van der Waals surface area contributed by atoms with Gasteiger partial charge in [-0.05, 0) is 31.4 Å². The van der Waals surface area contributed by atoms with Gasteiger partial charge in [0.1, 0.15) is 6.61 Å². The molecular formula is C22H26N2O5. The van der Waals surface area contributed by atoms with Crippen LogP contribution >= 0.6 is 0 Å². The maximum atomic E-state index is 12.8. The monoisotopic (exact) mass is 398 g/mol. The predicted octanol–water partition coefficient (Wildman–Crippen LogP) is 3.01. The minimum atomic E-state index is -0.684. The highest BCUT2D eigenvalue weighted by atomic mass is 16.5. The van der Waals surface area contributed by atoms with Crippen molar-refractivity contribution in [1.29, 1.82) is 0 Å². The van der Waals surface area contributed by atoms with Gasteiger partial charge in [0.25, 0.3) is 0 Å². The Balaban J connectivity index is 2.09. The van der Waals surface area contributed by atoms with E-state index in [0.29, 0.717) is 40.2 Å². The topological polar surface area (TPSA) is 93.7 Å². The molecule has 1 aromatic carbocycles. The van der Waals surface area contributed by atoms with Crippen molar-refractivity contribution in [2.24, 2.45) is 5.92 Å². The number of allylic oxidation sites excluding steroid dienone is 1. The Labute approximate surface area is 170 Å². The van der Waals surface area contributed by atoms with Gasteiger partial charge in [0.2, 0.25) is 5.91 Å². The van der Waals surface area contributed by atoms with Crippen LogP contribution in [0.1, 0.15) is 45.6 Å². The third kappa shape index (κ3) is 4.18. The van der Waals surface area contributed by atoms with Gasteiger partial charge in [-0.2, -0.15) is 0 Å². The Morgan fingerprint density at radius 1 is 1.31 bits per heavy atom. The van der Waals surface area contributed by atoms with Crippen LogP contribution < -0.4 is 10.6 Å². The van der Waals surface area contributed by atoms with Crippen LogP contribution in [0.15, 0.2) is 46.8 Å². The summed E-state index contributed by atoms with van der Waals surface area (Å²) >= 11 is 0. The summed E-state index contributed by atoms with van der Waals surface area (Å²) in [6.07, 6.45) is 0.371. The van der Waals surface area contributed by atoms with Crippen LogP contribution in [-0.4, -0.2) is 31.1 Å². The lowest BCUT2D eigenvalue weighted by atomic mass is 9.80. The number of hydrogen-bond acceptors (Lipinski definition) is 6. The minimum absolute atomic E-state index is 0.122. The standard InChI is InChI=1S/C22H26N2O5/c1-5-28-21(26)18-13(4)23-16-11-29-22(27)20(16)19(18)14-8-6-7-9-15(14)24-17(25)10-12(2)3/h6-9,12,19,23H,5,10-11H2,1-4H3,(H,24,25). The number of carbonyl (C=O) groups is 3. The average molecular weight is 398 g/mol. The number of anilines is 1. The Morgan fingerprint density at radius 2 is 2.03 bits per heavy atom. The molecule has 2 N–H and O–H groups in total. The first-order valence-electron chi connectivity index (χ1n) is 9.77. The van der Waals surface area contributed by atoms with Gasteiger partial charge in [0, 0.05) is 17.8 Å². The lowest BCUT2D eigenvalue weighted by molar-refractivity contribution is -0.138. The van der Waals surface area contributed by atoms with Gasteiger partial charge in [-0.25, -0.2) is 9.59 Å². The number of benzene rings is 1. The van der Waals surface area contributed by atoms with Gasteiger partial charge < -0.3 is 20.1 Å². The van der Waals surface area contributed by atoms with Crippen LogP contribution in [0, 0.1) is 5.92 Å². The SMILES string of the molecule is CCOC(=O)C1=C(C)NC2=C(C(=O)OC2)C1c1ccccc1NC(=O)CC(C)C. The summed E-state index contributed by atoms with van der Waals surface area (Å²) in [4.78, 5) is 37.7. The van der Waals surface area contributed by atoms with Gasteiger partial charge in [0.15, 0.2) is 0 Å². The molecule has 7 heteroatoms. The second-order valence-electron chi connectivity index (χ2n) is 7.52. The van der Waals surface area contributed by atoms with Gasteiger partial charge in [-0.15, -0.1) is 0 Å². The van der Waals surface area contributed by atoms with Crippen molar-refractivity contribution >= 4 is 23.5 Å². The zero-order chi connectivity index (χ0) is 21.1. The number of nitrogens with one attached hydrogen (secondary N) is 2. The molecule has 0 bridgehead atoms. The molecule has 0 aliphatic carbocycles. The van der Waals surface area contributed by atoms with E-state index in [9.17, 15) is 14.4 Å². The quantitative estimate of drug-likeness (QED) is 0.716. The van der Waals surface area contributed by atoms with Crippen molar-refractivity contribution < 1.29 is 23.9 Å². The van der Waals surface area contributed by atoms with E-state index in [1.54, 1.807) is 26.0 Å². The summed E-state index contributed by atoms with van der Waals surface area (Å²) in [5.41, 5.74) is 3.17. The Hall–Kier alpha value is -3.09. The third-order valence-corrected chi connectivity index (χ3v) is 4.85. The fourth-order valence-electron chi connectivity index (χ4n) is 3.69. The molecule has 2 heterocycles. The predicted molar refractivity (Wildman–Crippen MR) is 108 cm³/mol. The molecule has 1 aromatic rings. The van der Waals surface area contributed by atoms with E-state index in [0.717, 1.165) is 0 Å². The van der Waals surface area contributed by atoms with Gasteiger partial charge in [-0.1, -0.05) is 32.0 Å². The number of hydrogen-bond donors (Lipinski definition) is 2. The minimum Gasteiger partial charge on any atom is -0.463 e. The van der Waals surface area contributed by atoms with E-state index in [1.165, 1.54) is 0 Å². The first-order chi connectivity index (χ1) is 13.8. The van der Waals surface area contributed by atoms with E-state index >= 15 is 0 Å². The van der Waals surface area contributed by atoms with Crippen LogP contribution in [0.4, 0.5) is 5.69 Å². The second kappa shape index (κ2) is 8.51. The molecule has 0 saturated carbocycles. The number of para-hydroxylation sites is 1. The Morgan fingerprint density at radius 3 is 2.72 bits per heavy atom. The van der Waals surface area contributed by atoms with Crippen molar-refractivity contribution in [3.63, 3.8) is 0 Å². The van der Waals surface area contributed by atoms with Crippen LogP contribution in [0.3, 0.4) is 0 Å². The fraction of sp³-hybridized carbons (Fsp3) is 0.409. The third-order valence-electron chi connectivity index (χ3n) is 4.85. The molecule has 0 aromatic heterocycles. The summed E-state index contributed by atoms with van der Waals surface area (Å²) in [5, 5.41) is 6.04. The fourth-order valence-corrected chi connectivity index (χ4v) is 3.69. The molecular weight excluding hydrogens is 372 g/mol. The summed E-state index contributed by atoms with van der Waals surface area (Å²) < 4.78 is 10.5. The maximum absolute atomic E-state index is 12.8. The van der Waals surface area contributed by atoms with Crippen molar-refractivity contribution in [3.8, 4) is 0 Å². The van der Waals surface area contributed by atoms with Crippen LogP contribution in [0.2, 0.25) is 0 Å². The summed E-state index contributed by atoms with van der Waals surface area (Å²) in [5.74, 6) is -1.58. The van der Waals surface area contributed by atoms with E-state index in [-0.39, 0.29) is 25.0 Å². The van der Waals surface area contributed by atoms with Crippen molar-refractivity contribution in [2.75, 3.05) is 18.5 Å². The van der Waals surface area contributed by atoms with Crippen molar-refractivity contribution in [3.05, 3.63) is 52.4 Å². The van der Waals surface area contributed by atoms with Gasteiger partial charge >= 0.3 is 11.9 Å². The highest BCUT2D eigenvalue weighted by Crippen LogP contribution is 2.43. The number of amides is 1. The number of dihydropyridines is 1. The molecule has 1 amide bonds. The van der Waals surface area contributed by atoms with E-state index in [4.69, 9.17) is 9.47 Å². The molecule has 0 spiro atoms. The number of esters is 2. The van der Waals surface area contributed by atoms with Crippen LogP contribution in [-0.2, 0) is 23.9 Å². The Bertz CT molecular complexity index is 914. The number of cyclic esters (lactones) is 1. The van der Waals surface area contributed by atoms with Crippen molar-refractivity contribution in [1.82, 2.24) is 5.32 Å². The molecule has 2 aliphatic heterocycles. The number of carbonyl (C=O) groups excluding carboxylic acids is 3. The highest BCUT2D eigenvalue weighted by molar-refractivity contribution is 6.02. The molecule has 3 rings (SSSR count). The molecule has 154 valence electrons. The summed E-state index contributed by atoms with van der Waals surface area (Å²) in [6, 6.07) is 7.20. The molecule has 1 unspecified atom stereocenters.